The highest BCUT2D eigenvalue weighted by molar-refractivity contribution is 7.10. The van der Waals surface area contributed by atoms with Crippen molar-refractivity contribution in [1.29, 1.82) is 0 Å². The highest BCUT2D eigenvalue weighted by Crippen LogP contribution is 2.32. The van der Waals surface area contributed by atoms with Crippen molar-refractivity contribution in [2.24, 2.45) is 0 Å². The fourth-order valence-electron chi connectivity index (χ4n) is 2.16. The van der Waals surface area contributed by atoms with Crippen molar-refractivity contribution < 1.29 is 9.13 Å². The molecule has 2 nitrogen and oxygen atoms in total. The lowest BCUT2D eigenvalue weighted by Gasteiger charge is -2.18. The first-order valence-electron chi connectivity index (χ1n) is 6.83. The van der Waals surface area contributed by atoms with Crippen LogP contribution in [0.1, 0.15) is 29.8 Å². The lowest BCUT2D eigenvalue weighted by atomic mass is 10.0. The van der Waals surface area contributed by atoms with E-state index in [0.717, 1.165) is 30.7 Å². The number of hydrogen-bond acceptors (Lipinski definition) is 3. The molecule has 0 amide bonds. The van der Waals surface area contributed by atoms with Crippen molar-refractivity contribution in [1.82, 2.24) is 5.32 Å². The Bertz CT molecular complexity index is 524. The van der Waals surface area contributed by atoms with Crippen LogP contribution in [-0.4, -0.2) is 13.7 Å². The van der Waals surface area contributed by atoms with Gasteiger partial charge in [0, 0.05) is 6.04 Å². The Balaban J connectivity index is 2.17. The number of methoxy groups -OCH3 is 1. The summed E-state index contributed by atoms with van der Waals surface area (Å²) < 4.78 is 18.4. The number of benzene rings is 1. The highest BCUT2D eigenvalue weighted by Gasteiger charge is 2.17. The molecule has 0 bridgehead atoms. The Labute approximate surface area is 123 Å². The summed E-state index contributed by atoms with van der Waals surface area (Å²) >= 11 is 1.69. The Kier molecular flexibility index (Phi) is 5.56. The molecule has 1 aromatic carbocycles. The largest absolute Gasteiger partial charge is 0.496 e. The average Bonchev–Trinajstić information content (AvgIpc) is 2.94. The maximum Gasteiger partial charge on any atom is 0.134 e. The monoisotopic (exact) mass is 293 g/mol. The van der Waals surface area contributed by atoms with E-state index in [4.69, 9.17) is 4.74 Å². The zero-order chi connectivity index (χ0) is 14.4. The number of ether oxygens (including phenoxy) is 1. The summed E-state index contributed by atoms with van der Waals surface area (Å²) in [5, 5.41) is 5.59. The van der Waals surface area contributed by atoms with E-state index in [1.54, 1.807) is 18.4 Å². The molecule has 0 aliphatic carbocycles. The molecule has 1 heterocycles. The van der Waals surface area contributed by atoms with E-state index in [-0.39, 0.29) is 11.9 Å². The predicted molar refractivity (Wildman–Crippen MR) is 82.0 cm³/mol. The van der Waals surface area contributed by atoms with Crippen molar-refractivity contribution in [2.45, 2.75) is 25.8 Å². The van der Waals surface area contributed by atoms with Crippen molar-refractivity contribution in [3.63, 3.8) is 0 Å². The maximum absolute atomic E-state index is 13.0. The molecule has 0 saturated carbocycles. The van der Waals surface area contributed by atoms with Crippen LogP contribution in [0.4, 0.5) is 4.39 Å². The average molecular weight is 293 g/mol. The lowest BCUT2D eigenvalue weighted by Crippen LogP contribution is -2.23. The second kappa shape index (κ2) is 7.41. The minimum Gasteiger partial charge on any atom is -0.496 e. The van der Waals surface area contributed by atoms with E-state index >= 15 is 0 Å². The Morgan fingerprint density at radius 1 is 1.25 bits per heavy atom. The second-order valence-corrected chi connectivity index (χ2v) is 5.64. The predicted octanol–water partition coefficient (Wildman–Crippen LogP) is 4.18. The fourth-order valence-corrected chi connectivity index (χ4v) is 3.10. The van der Waals surface area contributed by atoms with Gasteiger partial charge in [0.25, 0.3) is 0 Å². The molecular weight excluding hydrogens is 273 g/mol. The minimum atomic E-state index is -0.194. The van der Waals surface area contributed by atoms with Crippen LogP contribution in [0.2, 0.25) is 0 Å². The van der Waals surface area contributed by atoms with Gasteiger partial charge >= 0.3 is 0 Å². The first-order chi connectivity index (χ1) is 9.74. The molecule has 20 heavy (non-hydrogen) atoms. The molecule has 1 atom stereocenters. The third-order valence-electron chi connectivity index (χ3n) is 3.19. The zero-order valence-corrected chi connectivity index (χ0v) is 12.7. The molecule has 0 aliphatic heterocycles. The molecule has 0 aliphatic rings. The third kappa shape index (κ3) is 3.81. The van der Waals surface area contributed by atoms with E-state index in [1.807, 2.05) is 23.6 Å². The zero-order valence-electron chi connectivity index (χ0n) is 11.9. The van der Waals surface area contributed by atoms with E-state index < -0.39 is 0 Å². The standard InChI is InChI=1S/C16H20FNOS/c1-3-9-18-14(16-15(19-2)8-10-20-16)11-12-4-6-13(17)7-5-12/h4-8,10,14,18H,3,9,11H2,1-2H3. The number of thiophene rings is 1. The Morgan fingerprint density at radius 3 is 2.65 bits per heavy atom. The van der Waals surface area contributed by atoms with Gasteiger partial charge in [0.2, 0.25) is 0 Å². The first kappa shape index (κ1) is 15.0. The van der Waals surface area contributed by atoms with Gasteiger partial charge in [0.1, 0.15) is 11.6 Å². The van der Waals surface area contributed by atoms with Gasteiger partial charge in [-0.15, -0.1) is 11.3 Å². The van der Waals surface area contributed by atoms with E-state index in [1.165, 1.54) is 17.0 Å². The molecule has 1 aromatic heterocycles. The summed E-state index contributed by atoms with van der Waals surface area (Å²) in [4.78, 5) is 1.20. The molecule has 0 spiro atoms. The molecule has 0 saturated heterocycles. The molecule has 0 radical (unpaired) electrons. The van der Waals surface area contributed by atoms with Crippen LogP contribution in [0.5, 0.6) is 5.75 Å². The summed E-state index contributed by atoms with van der Waals surface area (Å²) in [6.45, 7) is 3.10. The van der Waals surface area contributed by atoms with Gasteiger partial charge in [-0.05, 0) is 48.5 Å². The SMILES string of the molecule is CCCNC(Cc1ccc(F)cc1)c1sccc1OC. The quantitative estimate of drug-likeness (QED) is 0.827. The van der Waals surface area contributed by atoms with Crippen molar-refractivity contribution in [3.8, 4) is 5.75 Å². The number of halogens is 1. The van der Waals surface area contributed by atoms with Gasteiger partial charge in [0.15, 0.2) is 0 Å². The summed E-state index contributed by atoms with van der Waals surface area (Å²) in [7, 11) is 1.69. The highest BCUT2D eigenvalue weighted by atomic mass is 32.1. The molecule has 2 rings (SSSR count). The van der Waals surface area contributed by atoms with Gasteiger partial charge in [-0.25, -0.2) is 4.39 Å². The molecular formula is C16H20FNOS. The van der Waals surface area contributed by atoms with Crippen LogP contribution >= 0.6 is 11.3 Å². The molecule has 1 N–H and O–H groups in total. The summed E-state index contributed by atoms with van der Waals surface area (Å²) in [5.41, 5.74) is 1.12. The van der Waals surface area contributed by atoms with Crippen LogP contribution < -0.4 is 10.1 Å². The molecule has 0 fully saturated rings. The lowest BCUT2D eigenvalue weighted by molar-refractivity contribution is 0.402. The summed E-state index contributed by atoms with van der Waals surface area (Å²) in [6.07, 6.45) is 1.91. The van der Waals surface area contributed by atoms with Gasteiger partial charge in [-0.3, -0.25) is 0 Å². The maximum atomic E-state index is 13.0. The van der Waals surface area contributed by atoms with Gasteiger partial charge < -0.3 is 10.1 Å². The van der Waals surface area contributed by atoms with Crippen LogP contribution in [0.25, 0.3) is 0 Å². The minimum absolute atomic E-state index is 0.194. The van der Waals surface area contributed by atoms with E-state index in [0.29, 0.717) is 0 Å². The van der Waals surface area contributed by atoms with Crippen LogP contribution in [0.3, 0.4) is 0 Å². The third-order valence-corrected chi connectivity index (χ3v) is 4.20. The second-order valence-electron chi connectivity index (χ2n) is 4.69. The Hall–Kier alpha value is -1.39. The number of rotatable bonds is 7. The van der Waals surface area contributed by atoms with Gasteiger partial charge in [-0.2, -0.15) is 0 Å². The van der Waals surface area contributed by atoms with Crippen LogP contribution in [-0.2, 0) is 6.42 Å². The van der Waals surface area contributed by atoms with Crippen LogP contribution in [0, 0.1) is 5.82 Å². The van der Waals surface area contributed by atoms with E-state index in [9.17, 15) is 4.39 Å². The Morgan fingerprint density at radius 2 is 2.00 bits per heavy atom. The summed E-state index contributed by atoms with van der Waals surface area (Å²) in [6, 6.07) is 8.91. The topological polar surface area (TPSA) is 21.3 Å². The first-order valence-corrected chi connectivity index (χ1v) is 7.71. The summed E-state index contributed by atoms with van der Waals surface area (Å²) in [5.74, 6) is 0.728. The smallest absolute Gasteiger partial charge is 0.134 e. The molecule has 1 unspecified atom stereocenters. The van der Waals surface area contributed by atoms with Gasteiger partial charge in [0.05, 0.1) is 12.0 Å². The molecule has 4 heteroatoms. The fraction of sp³-hybridized carbons (Fsp3) is 0.375. The molecule has 108 valence electrons. The normalized spacial score (nSPS) is 12.3. The van der Waals surface area contributed by atoms with Crippen molar-refractivity contribution >= 4 is 11.3 Å². The van der Waals surface area contributed by atoms with Crippen molar-refractivity contribution in [3.05, 3.63) is 52.0 Å². The van der Waals surface area contributed by atoms with E-state index in [2.05, 4.69) is 12.2 Å². The van der Waals surface area contributed by atoms with Crippen LogP contribution in [0.15, 0.2) is 35.7 Å². The van der Waals surface area contributed by atoms with Crippen molar-refractivity contribution in [2.75, 3.05) is 13.7 Å². The number of nitrogens with one attached hydrogen (secondary N) is 1. The van der Waals surface area contributed by atoms with Gasteiger partial charge in [-0.1, -0.05) is 19.1 Å². The molecule has 2 aromatic rings. The number of hydrogen-bond donors (Lipinski definition) is 1.